The summed E-state index contributed by atoms with van der Waals surface area (Å²) in [6.45, 7) is 11.7. The molecule has 0 saturated heterocycles. The van der Waals surface area contributed by atoms with Crippen molar-refractivity contribution < 1.29 is 18.9 Å². The first-order valence-corrected chi connectivity index (χ1v) is 45.1. The van der Waals surface area contributed by atoms with E-state index in [0.717, 1.165) is 162 Å². The largest absolute Gasteiger partial charge is 0.489 e. The van der Waals surface area contributed by atoms with E-state index in [1.54, 1.807) is 0 Å². The Labute approximate surface area is 642 Å². The van der Waals surface area contributed by atoms with E-state index in [1.807, 2.05) is 0 Å². The summed E-state index contributed by atoms with van der Waals surface area (Å²) in [6, 6.07) is 25.9. The van der Waals surface area contributed by atoms with Crippen LogP contribution >= 0.6 is 0 Å². The summed E-state index contributed by atoms with van der Waals surface area (Å²) in [6.07, 6.45) is 73.9. The fraction of sp³-hybridized carbons (Fsp3) is 0.667. The molecule has 7 aromatic heterocycles. The molecule has 12 bridgehead atoms. The predicted molar refractivity (Wildman–Crippen MR) is 458 cm³/mol. The van der Waals surface area contributed by atoms with Crippen LogP contribution in [0, 0.1) is 0 Å². The Hall–Kier alpha value is -6.16. The van der Waals surface area contributed by atoms with Gasteiger partial charge in [-0.25, -0.2) is 19.9 Å². The van der Waals surface area contributed by atoms with Crippen LogP contribution < -0.4 is 18.9 Å². The van der Waals surface area contributed by atoms with Crippen molar-refractivity contribution in [3.63, 3.8) is 0 Å². The van der Waals surface area contributed by atoms with Gasteiger partial charge in [-0.2, -0.15) is 0 Å². The Bertz CT molecular complexity index is 3390. The van der Waals surface area contributed by atoms with Crippen molar-refractivity contribution in [2.45, 2.75) is 387 Å². The molecular formula is C96H146N6O4. The molecule has 0 amide bonds. The summed E-state index contributed by atoms with van der Waals surface area (Å²) in [5, 5.41) is 3.67. The highest BCUT2D eigenvalue weighted by Crippen LogP contribution is 2.46. The highest BCUT2D eigenvalue weighted by Gasteiger charge is 2.23. The van der Waals surface area contributed by atoms with Crippen molar-refractivity contribution in [2.24, 2.45) is 0 Å². The first kappa shape index (κ1) is 83.9. The Kier molecular flexibility index (Phi) is 40.6. The third-order valence-corrected chi connectivity index (χ3v) is 22.9. The number of H-pyrrole nitrogens is 2. The number of benzene rings is 2. The lowest BCUT2D eigenvalue weighted by Gasteiger charge is -2.18. The minimum atomic E-state index is 0.619. The Morgan fingerprint density at radius 2 is 0.340 bits per heavy atom. The SMILES string of the molecule is CCCCCCCCCCCCCCCCOc1c(OCCCCCCCCCCCCCCCC)c2ccc3nc2c2nc(ccc12)c1ccc([nH]1)c1ccc2c(OCCCCCCCCCCCCCCCC)c(OCCCCCCCCCCCCCCCC)c4ccc(nc4c2n1)c1ccc3[nH]1. The summed E-state index contributed by atoms with van der Waals surface area (Å²) in [5.74, 6) is 3.10. The van der Waals surface area contributed by atoms with Crippen LogP contribution in [0.1, 0.15) is 387 Å². The molecule has 10 heteroatoms. The second-order valence-electron chi connectivity index (χ2n) is 32.0. The molecule has 2 N–H and O–H groups in total. The highest BCUT2D eigenvalue weighted by molar-refractivity contribution is 6.14. The van der Waals surface area contributed by atoms with Gasteiger partial charge in [0, 0.05) is 21.5 Å². The van der Waals surface area contributed by atoms with E-state index in [0.29, 0.717) is 26.4 Å². The Morgan fingerprint density at radius 3 is 0.500 bits per heavy atom. The average molecular weight is 1450 g/mol. The van der Waals surface area contributed by atoms with E-state index >= 15 is 0 Å². The van der Waals surface area contributed by atoms with Gasteiger partial charge in [0.2, 0.25) is 0 Å². The number of fused-ring (bicyclic) bond motifs is 12. The molecule has 0 radical (unpaired) electrons. The number of aromatic nitrogens is 6. The molecule has 0 unspecified atom stereocenters. The van der Waals surface area contributed by atoms with Crippen molar-refractivity contribution in [3.8, 4) is 23.0 Å². The molecule has 7 heterocycles. The molecule has 106 heavy (non-hydrogen) atoms. The smallest absolute Gasteiger partial charge is 0.171 e. The van der Waals surface area contributed by atoms with Gasteiger partial charge in [-0.3, -0.25) is 0 Å². The average Bonchev–Trinajstić information content (AvgIpc) is 1.09. The van der Waals surface area contributed by atoms with Crippen LogP contribution in [-0.4, -0.2) is 56.3 Å². The van der Waals surface area contributed by atoms with E-state index in [-0.39, 0.29) is 0 Å². The third-order valence-electron chi connectivity index (χ3n) is 22.9. The normalized spacial score (nSPS) is 12.0. The van der Waals surface area contributed by atoms with E-state index in [2.05, 4.69) is 110 Å². The lowest BCUT2D eigenvalue weighted by molar-refractivity contribution is 0.263. The predicted octanol–water partition coefficient (Wildman–Crippen LogP) is 31.2. The standard InChI is InChI=1S/C96H146N6O4/c1-5-9-13-17-21-25-29-33-37-41-45-49-53-57-73-103-93-77-61-65-85-81-69-70-83(97-81)87-67-63-79-91(101-87)92-80(96(106-76-60-56-52-48-44-40-36-32-28-24-20-16-12-8-4)95(79)105-75-59-55-51-47-43-39-35-31-27-23-19-15-11-7-3)64-68-88(102-92)84-72-71-82(98-84)86-66-62-78(90(100-86)89(77)99-85)94(93)104-74-58-54-50-46-42-38-34-30-26-22-18-14-10-6-2/h61-72,97-98H,5-60,73-76H2,1-4H3. The number of nitrogens with one attached hydrogen (secondary N) is 2. The number of ether oxygens (including phenoxy) is 4. The maximum atomic E-state index is 7.04. The van der Waals surface area contributed by atoms with Gasteiger partial charge in [0.05, 0.1) is 70.6 Å². The zero-order valence-corrected chi connectivity index (χ0v) is 67.8. The van der Waals surface area contributed by atoms with Crippen molar-refractivity contribution in [1.82, 2.24) is 29.9 Å². The van der Waals surface area contributed by atoms with Gasteiger partial charge >= 0.3 is 0 Å². The quantitative estimate of drug-likeness (QED) is 0.0286. The minimum absolute atomic E-state index is 0.619. The lowest BCUT2D eigenvalue weighted by Crippen LogP contribution is -2.05. The summed E-state index contributed by atoms with van der Waals surface area (Å²) in [7, 11) is 0. The van der Waals surface area contributed by atoms with Crippen LogP contribution in [-0.2, 0) is 0 Å². The number of aromatic amines is 2. The lowest BCUT2D eigenvalue weighted by atomic mass is 10.0. The molecule has 9 aromatic rings. The molecule has 10 nitrogen and oxygen atoms in total. The Balaban J connectivity index is 0.966. The van der Waals surface area contributed by atoms with Gasteiger partial charge in [-0.05, 0) is 98.5 Å². The third kappa shape index (κ3) is 28.4. The molecule has 0 spiro atoms. The first-order valence-electron chi connectivity index (χ1n) is 45.1. The maximum absolute atomic E-state index is 7.04. The molecule has 2 aromatic carbocycles. The van der Waals surface area contributed by atoms with E-state index in [9.17, 15) is 0 Å². The second-order valence-corrected chi connectivity index (χ2v) is 32.0. The maximum Gasteiger partial charge on any atom is 0.171 e. The zero-order valence-electron chi connectivity index (χ0n) is 67.8. The van der Waals surface area contributed by atoms with Crippen LogP contribution in [0.2, 0.25) is 0 Å². The summed E-state index contributed by atoms with van der Waals surface area (Å²) < 4.78 is 28.2. The second kappa shape index (κ2) is 51.3. The molecule has 9 rings (SSSR count). The van der Waals surface area contributed by atoms with Crippen molar-refractivity contribution in [1.29, 1.82) is 0 Å². The van der Waals surface area contributed by atoms with Crippen LogP contribution in [0.5, 0.6) is 23.0 Å². The van der Waals surface area contributed by atoms with Crippen LogP contribution in [0.25, 0.3) is 87.7 Å². The molecule has 584 valence electrons. The molecule has 0 aliphatic rings. The van der Waals surface area contributed by atoms with Gasteiger partial charge in [0.25, 0.3) is 0 Å². The van der Waals surface area contributed by atoms with Gasteiger partial charge in [-0.15, -0.1) is 0 Å². The van der Waals surface area contributed by atoms with E-state index in [1.165, 1.54) is 308 Å². The number of hydrogen-bond donors (Lipinski definition) is 2. The number of nitrogens with zero attached hydrogens (tertiary/aromatic N) is 4. The number of rotatable bonds is 64. The van der Waals surface area contributed by atoms with Gasteiger partial charge in [0.15, 0.2) is 23.0 Å². The summed E-state index contributed by atoms with van der Waals surface area (Å²) in [5.41, 5.74) is 10.1. The van der Waals surface area contributed by atoms with Crippen molar-refractivity contribution in [3.05, 3.63) is 72.8 Å². The van der Waals surface area contributed by atoms with Gasteiger partial charge in [-0.1, -0.05) is 362 Å². The fourth-order valence-corrected chi connectivity index (χ4v) is 16.2. The van der Waals surface area contributed by atoms with Crippen molar-refractivity contribution >= 4 is 87.7 Å². The fourth-order valence-electron chi connectivity index (χ4n) is 16.2. The minimum Gasteiger partial charge on any atom is -0.489 e. The molecular weight excluding hydrogens is 1300 g/mol. The van der Waals surface area contributed by atoms with Crippen LogP contribution in [0.3, 0.4) is 0 Å². The zero-order chi connectivity index (χ0) is 73.5. The first-order chi connectivity index (χ1) is 52.6. The Morgan fingerprint density at radius 1 is 0.189 bits per heavy atom. The highest BCUT2D eigenvalue weighted by atomic mass is 16.5. The van der Waals surface area contributed by atoms with Crippen LogP contribution in [0.4, 0.5) is 0 Å². The molecule has 0 aliphatic carbocycles. The van der Waals surface area contributed by atoms with E-state index in [4.69, 9.17) is 38.9 Å². The summed E-state index contributed by atoms with van der Waals surface area (Å²) >= 11 is 0. The molecule has 0 saturated carbocycles. The van der Waals surface area contributed by atoms with Crippen LogP contribution in [0.15, 0.2) is 72.8 Å². The van der Waals surface area contributed by atoms with E-state index < -0.39 is 0 Å². The summed E-state index contributed by atoms with van der Waals surface area (Å²) in [4.78, 5) is 29.9. The monoisotopic (exact) mass is 1450 g/mol. The number of hydrogen-bond acceptors (Lipinski definition) is 8. The topological polar surface area (TPSA) is 120 Å². The molecule has 0 fully saturated rings. The number of unbranched alkanes of at least 4 members (excludes halogenated alkanes) is 52. The van der Waals surface area contributed by atoms with Gasteiger partial charge in [0.1, 0.15) is 22.1 Å². The van der Waals surface area contributed by atoms with Gasteiger partial charge < -0.3 is 28.9 Å². The number of pyridine rings is 4. The molecule has 0 atom stereocenters. The molecule has 0 aliphatic heterocycles. The van der Waals surface area contributed by atoms with Crippen molar-refractivity contribution in [2.75, 3.05) is 26.4 Å².